The van der Waals surface area contributed by atoms with Crippen molar-refractivity contribution in [2.75, 3.05) is 33.4 Å². The van der Waals surface area contributed by atoms with E-state index in [1.54, 1.807) is 7.11 Å². The maximum Gasteiger partial charge on any atom is 0.137 e. The van der Waals surface area contributed by atoms with Crippen molar-refractivity contribution >= 4 is 11.6 Å². The average molecular weight is 348 g/mol. The second kappa shape index (κ2) is 8.38. The lowest BCUT2D eigenvalue weighted by Gasteiger charge is -2.32. The first-order chi connectivity index (χ1) is 11.7. The van der Waals surface area contributed by atoms with Crippen LogP contribution in [0.2, 0.25) is 5.02 Å². The topological polar surface area (TPSA) is 30.9 Å². The van der Waals surface area contributed by atoms with Crippen LogP contribution >= 0.6 is 11.6 Å². The number of benzene rings is 2. The Bertz CT molecular complexity index is 650. The van der Waals surface area contributed by atoms with Gasteiger partial charge in [0.2, 0.25) is 0 Å². The van der Waals surface area contributed by atoms with E-state index < -0.39 is 0 Å². The molecule has 0 unspecified atom stereocenters. The Kier molecular flexibility index (Phi) is 5.96. The minimum atomic E-state index is 0.0770. The summed E-state index contributed by atoms with van der Waals surface area (Å²) in [5, 5.41) is 0.636. The number of para-hydroxylation sites is 1. The number of hydrogen-bond acceptors (Lipinski definition) is 4. The predicted molar refractivity (Wildman–Crippen MR) is 95.0 cm³/mol. The molecule has 0 amide bonds. The highest BCUT2D eigenvalue weighted by Gasteiger charge is 2.21. The molecule has 1 atom stereocenters. The van der Waals surface area contributed by atoms with Crippen molar-refractivity contribution < 1.29 is 14.2 Å². The number of ether oxygens (including phenoxy) is 3. The lowest BCUT2D eigenvalue weighted by molar-refractivity contribution is -0.0504. The Balaban J connectivity index is 1.53. The molecule has 1 saturated heterocycles. The summed E-state index contributed by atoms with van der Waals surface area (Å²) < 4.78 is 16.9. The molecule has 0 spiro atoms. The van der Waals surface area contributed by atoms with Gasteiger partial charge >= 0.3 is 0 Å². The van der Waals surface area contributed by atoms with Crippen molar-refractivity contribution in [3.63, 3.8) is 0 Å². The normalized spacial score (nSPS) is 18.3. The molecular formula is C19H22ClNO3. The number of morpholine rings is 1. The van der Waals surface area contributed by atoms with Crippen LogP contribution in [0.5, 0.6) is 11.5 Å². The van der Waals surface area contributed by atoms with Crippen LogP contribution < -0.4 is 9.47 Å². The molecule has 0 aromatic heterocycles. The lowest BCUT2D eigenvalue weighted by atomic mass is 10.2. The standard InChI is InChI=1S/C19H22ClNO3/c1-22-19-11-15(7-8-18(19)20)12-21-9-10-23-17(13-21)14-24-16-5-3-2-4-6-16/h2-8,11,17H,9-10,12-14H2,1H3/t17-/m0/s1. The summed E-state index contributed by atoms with van der Waals surface area (Å²) in [6.45, 7) is 3.88. The van der Waals surface area contributed by atoms with Gasteiger partial charge in [0.15, 0.2) is 0 Å². The molecule has 4 nitrogen and oxygen atoms in total. The van der Waals surface area contributed by atoms with Crippen LogP contribution in [0.25, 0.3) is 0 Å². The molecule has 1 aliphatic rings. The summed E-state index contributed by atoms with van der Waals surface area (Å²) in [6, 6.07) is 15.7. The fourth-order valence-electron chi connectivity index (χ4n) is 2.79. The number of hydrogen-bond donors (Lipinski definition) is 0. The zero-order chi connectivity index (χ0) is 16.8. The van der Waals surface area contributed by atoms with E-state index in [2.05, 4.69) is 4.90 Å². The summed E-state index contributed by atoms with van der Waals surface area (Å²) in [4.78, 5) is 2.37. The second-order valence-corrected chi connectivity index (χ2v) is 6.23. The van der Waals surface area contributed by atoms with Crippen LogP contribution in [-0.4, -0.2) is 44.4 Å². The van der Waals surface area contributed by atoms with Crippen LogP contribution in [-0.2, 0) is 11.3 Å². The summed E-state index contributed by atoms with van der Waals surface area (Å²) in [6.07, 6.45) is 0.0770. The fourth-order valence-corrected chi connectivity index (χ4v) is 2.99. The summed E-state index contributed by atoms with van der Waals surface area (Å²) >= 11 is 6.09. The van der Waals surface area contributed by atoms with Crippen LogP contribution in [0.3, 0.4) is 0 Å². The van der Waals surface area contributed by atoms with E-state index in [9.17, 15) is 0 Å². The molecule has 1 aliphatic heterocycles. The van der Waals surface area contributed by atoms with E-state index in [0.29, 0.717) is 24.0 Å². The third-order valence-electron chi connectivity index (χ3n) is 4.02. The molecule has 1 heterocycles. The van der Waals surface area contributed by atoms with E-state index >= 15 is 0 Å². The smallest absolute Gasteiger partial charge is 0.137 e. The molecule has 0 radical (unpaired) electrons. The van der Waals surface area contributed by atoms with Crippen molar-refractivity contribution in [2.24, 2.45) is 0 Å². The molecule has 0 bridgehead atoms. The van der Waals surface area contributed by atoms with E-state index in [1.807, 2.05) is 48.5 Å². The van der Waals surface area contributed by atoms with Gasteiger partial charge in [-0.1, -0.05) is 35.9 Å². The van der Waals surface area contributed by atoms with Gasteiger partial charge in [-0.05, 0) is 29.8 Å². The minimum absolute atomic E-state index is 0.0770. The van der Waals surface area contributed by atoms with Gasteiger partial charge in [-0.25, -0.2) is 0 Å². The number of rotatable bonds is 6. The first kappa shape index (κ1) is 17.1. The fraction of sp³-hybridized carbons (Fsp3) is 0.368. The van der Waals surface area contributed by atoms with Crippen molar-refractivity contribution in [1.29, 1.82) is 0 Å². The monoisotopic (exact) mass is 347 g/mol. The maximum atomic E-state index is 6.09. The molecule has 0 saturated carbocycles. The summed E-state index contributed by atoms with van der Waals surface area (Å²) in [5.74, 6) is 1.59. The first-order valence-electron chi connectivity index (χ1n) is 8.09. The molecule has 3 rings (SSSR count). The van der Waals surface area contributed by atoms with Crippen LogP contribution in [0, 0.1) is 0 Å². The van der Waals surface area contributed by atoms with Crippen LogP contribution in [0.15, 0.2) is 48.5 Å². The van der Waals surface area contributed by atoms with Crippen molar-refractivity contribution in [3.05, 3.63) is 59.1 Å². The number of halogens is 1. The zero-order valence-electron chi connectivity index (χ0n) is 13.8. The van der Waals surface area contributed by atoms with Gasteiger partial charge in [-0.3, -0.25) is 4.90 Å². The Labute approximate surface area is 147 Å². The zero-order valence-corrected chi connectivity index (χ0v) is 14.5. The largest absolute Gasteiger partial charge is 0.495 e. The molecule has 24 heavy (non-hydrogen) atoms. The van der Waals surface area contributed by atoms with Gasteiger partial charge in [0.1, 0.15) is 24.2 Å². The van der Waals surface area contributed by atoms with Crippen molar-refractivity contribution in [1.82, 2.24) is 4.90 Å². The molecule has 1 fully saturated rings. The third-order valence-corrected chi connectivity index (χ3v) is 4.34. The van der Waals surface area contributed by atoms with E-state index in [-0.39, 0.29) is 6.10 Å². The third kappa shape index (κ3) is 4.63. The summed E-state index contributed by atoms with van der Waals surface area (Å²) in [7, 11) is 1.64. The highest BCUT2D eigenvalue weighted by atomic mass is 35.5. The van der Waals surface area contributed by atoms with E-state index in [4.69, 9.17) is 25.8 Å². The SMILES string of the molecule is COc1cc(CN2CCO[C@H](COc3ccccc3)C2)ccc1Cl. The Morgan fingerprint density at radius 1 is 1.21 bits per heavy atom. The Morgan fingerprint density at radius 2 is 2.04 bits per heavy atom. The van der Waals surface area contributed by atoms with Gasteiger partial charge in [0, 0.05) is 19.6 Å². The maximum absolute atomic E-state index is 6.09. The Hall–Kier alpha value is -1.75. The van der Waals surface area contributed by atoms with Gasteiger partial charge in [-0.2, -0.15) is 0 Å². The first-order valence-corrected chi connectivity index (χ1v) is 8.46. The summed E-state index contributed by atoms with van der Waals surface area (Å²) in [5.41, 5.74) is 1.18. The van der Waals surface area contributed by atoms with Gasteiger partial charge in [-0.15, -0.1) is 0 Å². The quantitative estimate of drug-likeness (QED) is 0.798. The molecule has 2 aromatic rings. The average Bonchev–Trinajstić information content (AvgIpc) is 2.63. The highest BCUT2D eigenvalue weighted by Crippen LogP contribution is 2.26. The minimum Gasteiger partial charge on any atom is -0.495 e. The lowest BCUT2D eigenvalue weighted by Crippen LogP contribution is -2.44. The highest BCUT2D eigenvalue weighted by molar-refractivity contribution is 6.32. The predicted octanol–water partition coefficient (Wildman–Crippen LogP) is 3.63. The molecule has 0 N–H and O–H groups in total. The van der Waals surface area contributed by atoms with E-state index in [0.717, 1.165) is 25.4 Å². The van der Waals surface area contributed by atoms with Crippen LogP contribution in [0.4, 0.5) is 0 Å². The Morgan fingerprint density at radius 3 is 2.83 bits per heavy atom. The van der Waals surface area contributed by atoms with Gasteiger partial charge in [0.25, 0.3) is 0 Å². The molecule has 5 heteroatoms. The van der Waals surface area contributed by atoms with E-state index in [1.165, 1.54) is 5.56 Å². The van der Waals surface area contributed by atoms with Gasteiger partial charge in [0.05, 0.1) is 18.7 Å². The second-order valence-electron chi connectivity index (χ2n) is 5.82. The van der Waals surface area contributed by atoms with Crippen molar-refractivity contribution in [2.45, 2.75) is 12.6 Å². The molecular weight excluding hydrogens is 326 g/mol. The molecule has 0 aliphatic carbocycles. The number of nitrogens with zero attached hydrogens (tertiary/aromatic N) is 1. The van der Waals surface area contributed by atoms with Gasteiger partial charge < -0.3 is 14.2 Å². The molecule has 128 valence electrons. The molecule has 2 aromatic carbocycles. The van der Waals surface area contributed by atoms with Crippen molar-refractivity contribution in [3.8, 4) is 11.5 Å². The van der Waals surface area contributed by atoms with Crippen LogP contribution in [0.1, 0.15) is 5.56 Å². The number of methoxy groups -OCH3 is 1.